The van der Waals surface area contributed by atoms with Crippen molar-refractivity contribution in [2.75, 3.05) is 13.1 Å². The van der Waals surface area contributed by atoms with Crippen molar-refractivity contribution in [2.24, 2.45) is 0 Å². The van der Waals surface area contributed by atoms with E-state index in [1.165, 1.54) is 12.1 Å². The number of likely N-dealkylation sites (tertiary alicyclic amines) is 1. The molecule has 1 fully saturated rings. The van der Waals surface area contributed by atoms with Crippen molar-refractivity contribution in [3.05, 3.63) is 35.1 Å². The number of rotatable bonds is 1. The van der Waals surface area contributed by atoms with Crippen molar-refractivity contribution in [1.29, 1.82) is 0 Å². The summed E-state index contributed by atoms with van der Waals surface area (Å²) in [4.78, 5) is 25.9. The van der Waals surface area contributed by atoms with Crippen molar-refractivity contribution in [2.45, 2.75) is 25.2 Å². The van der Waals surface area contributed by atoms with Gasteiger partial charge in [0.2, 0.25) is 5.91 Å². The van der Waals surface area contributed by atoms with Crippen LogP contribution in [0.4, 0.5) is 4.39 Å². The van der Waals surface area contributed by atoms with Crippen LogP contribution in [-0.2, 0) is 4.79 Å². The molecular weight excluding hydrogens is 233 g/mol. The van der Waals surface area contributed by atoms with Gasteiger partial charge in [-0.25, -0.2) is 4.39 Å². The quantitative estimate of drug-likeness (QED) is 0.762. The summed E-state index contributed by atoms with van der Waals surface area (Å²) in [7, 11) is 0. The fraction of sp³-hybridized carbons (Fsp3) is 0.429. The van der Waals surface area contributed by atoms with E-state index in [0.717, 1.165) is 25.9 Å². The minimum atomic E-state index is -0.605. The second-order valence-electron chi connectivity index (χ2n) is 4.91. The second-order valence-corrected chi connectivity index (χ2v) is 4.91. The molecule has 18 heavy (non-hydrogen) atoms. The molecule has 1 amide bonds. The second kappa shape index (κ2) is 4.19. The maximum absolute atomic E-state index is 13.8. The number of hydrogen-bond donors (Lipinski definition) is 0. The molecule has 1 aromatic carbocycles. The standard InChI is InChI=1S/C14H14FNO2/c15-11-5-3-4-9-12(17)8-10(13(9)11)14(18)16-6-1-2-7-16/h3-5,10H,1-2,6-8H2. The lowest BCUT2D eigenvalue weighted by atomic mass is 9.99. The number of fused-ring (bicyclic) bond motifs is 1. The summed E-state index contributed by atoms with van der Waals surface area (Å²) in [5.41, 5.74) is 0.687. The summed E-state index contributed by atoms with van der Waals surface area (Å²) in [5, 5.41) is 0. The molecule has 0 aromatic heterocycles. The van der Waals surface area contributed by atoms with Gasteiger partial charge < -0.3 is 4.90 Å². The van der Waals surface area contributed by atoms with Crippen molar-refractivity contribution in [3.63, 3.8) is 0 Å². The number of ketones is 1. The van der Waals surface area contributed by atoms with Gasteiger partial charge in [-0.3, -0.25) is 9.59 Å². The van der Waals surface area contributed by atoms with E-state index in [2.05, 4.69) is 0 Å². The molecule has 0 N–H and O–H groups in total. The van der Waals surface area contributed by atoms with Gasteiger partial charge >= 0.3 is 0 Å². The fourth-order valence-electron chi connectivity index (χ4n) is 2.90. The van der Waals surface area contributed by atoms with Gasteiger partial charge in [0.05, 0.1) is 5.92 Å². The Labute approximate surface area is 105 Å². The Morgan fingerprint density at radius 1 is 1.28 bits per heavy atom. The average Bonchev–Trinajstić information content (AvgIpc) is 2.98. The van der Waals surface area contributed by atoms with Crippen molar-refractivity contribution < 1.29 is 14.0 Å². The van der Waals surface area contributed by atoms with E-state index in [9.17, 15) is 14.0 Å². The van der Waals surface area contributed by atoms with Crippen LogP contribution in [-0.4, -0.2) is 29.7 Å². The summed E-state index contributed by atoms with van der Waals surface area (Å²) in [6.45, 7) is 1.46. The number of halogens is 1. The first-order valence-electron chi connectivity index (χ1n) is 6.29. The predicted molar refractivity (Wildman–Crippen MR) is 63.9 cm³/mol. The summed E-state index contributed by atoms with van der Waals surface area (Å²) in [6.07, 6.45) is 2.11. The first-order valence-corrected chi connectivity index (χ1v) is 6.29. The number of Topliss-reactive ketones (excluding diaryl/α,β-unsaturated/α-hetero) is 1. The van der Waals surface area contributed by atoms with Gasteiger partial charge in [0, 0.05) is 30.6 Å². The lowest BCUT2D eigenvalue weighted by Gasteiger charge is -2.20. The van der Waals surface area contributed by atoms with Crippen LogP contribution in [0.25, 0.3) is 0 Å². The van der Waals surface area contributed by atoms with Crippen LogP contribution in [0, 0.1) is 5.82 Å². The van der Waals surface area contributed by atoms with Crippen LogP contribution in [0.5, 0.6) is 0 Å². The normalized spacial score (nSPS) is 22.4. The van der Waals surface area contributed by atoms with Crippen LogP contribution in [0.2, 0.25) is 0 Å². The number of carbonyl (C=O) groups excluding carboxylic acids is 2. The molecule has 4 heteroatoms. The Kier molecular flexibility index (Phi) is 2.65. The third kappa shape index (κ3) is 1.64. The number of nitrogens with zero attached hydrogens (tertiary/aromatic N) is 1. The maximum atomic E-state index is 13.8. The van der Waals surface area contributed by atoms with Gasteiger partial charge in [0.25, 0.3) is 0 Å². The predicted octanol–water partition coefficient (Wildman–Crippen LogP) is 2.12. The molecule has 1 aliphatic carbocycles. The SMILES string of the molecule is O=C1CC(C(=O)N2CCCC2)c2c(F)cccc21. The topological polar surface area (TPSA) is 37.4 Å². The zero-order chi connectivity index (χ0) is 12.7. The maximum Gasteiger partial charge on any atom is 0.230 e. The van der Waals surface area contributed by atoms with E-state index in [1.54, 1.807) is 11.0 Å². The Balaban J connectivity index is 1.97. The van der Waals surface area contributed by atoms with Crippen molar-refractivity contribution in [1.82, 2.24) is 4.90 Å². The zero-order valence-corrected chi connectivity index (χ0v) is 9.99. The van der Waals surface area contributed by atoms with Crippen LogP contribution in [0.1, 0.15) is 41.1 Å². The summed E-state index contributed by atoms with van der Waals surface area (Å²) in [6, 6.07) is 4.45. The largest absolute Gasteiger partial charge is 0.342 e. The first-order chi connectivity index (χ1) is 8.68. The van der Waals surface area contributed by atoms with Crippen LogP contribution in [0.3, 0.4) is 0 Å². The van der Waals surface area contributed by atoms with E-state index in [0.29, 0.717) is 11.1 Å². The highest BCUT2D eigenvalue weighted by molar-refractivity contribution is 6.06. The van der Waals surface area contributed by atoms with Crippen molar-refractivity contribution in [3.8, 4) is 0 Å². The van der Waals surface area contributed by atoms with Gasteiger partial charge in [-0.2, -0.15) is 0 Å². The third-order valence-corrected chi connectivity index (χ3v) is 3.81. The van der Waals surface area contributed by atoms with Gasteiger partial charge in [-0.15, -0.1) is 0 Å². The number of amides is 1. The van der Waals surface area contributed by atoms with Crippen molar-refractivity contribution >= 4 is 11.7 Å². The van der Waals surface area contributed by atoms with E-state index < -0.39 is 11.7 Å². The molecule has 1 aliphatic heterocycles. The minimum absolute atomic E-state index is 0.0929. The average molecular weight is 247 g/mol. The van der Waals surface area contributed by atoms with Gasteiger partial charge in [-0.1, -0.05) is 12.1 Å². The molecule has 1 unspecified atom stereocenters. The molecule has 1 aromatic rings. The third-order valence-electron chi connectivity index (χ3n) is 3.81. The molecule has 94 valence electrons. The van der Waals surface area contributed by atoms with Crippen LogP contribution in [0.15, 0.2) is 18.2 Å². The molecule has 0 saturated carbocycles. The molecule has 2 aliphatic rings. The number of benzene rings is 1. The monoisotopic (exact) mass is 247 g/mol. The molecule has 0 spiro atoms. The summed E-state index contributed by atoms with van der Waals surface area (Å²) in [5.74, 6) is -1.26. The molecule has 1 saturated heterocycles. The van der Waals surface area contributed by atoms with E-state index >= 15 is 0 Å². The lowest BCUT2D eigenvalue weighted by Crippen LogP contribution is -2.32. The number of hydrogen-bond acceptors (Lipinski definition) is 2. The lowest BCUT2D eigenvalue weighted by molar-refractivity contribution is -0.131. The van der Waals surface area contributed by atoms with E-state index in [4.69, 9.17) is 0 Å². The summed E-state index contributed by atoms with van der Waals surface area (Å²) < 4.78 is 13.8. The highest BCUT2D eigenvalue weighted by atomic mass is 19.1. The molecular formula is C14H14FNO2. The van der Waals surface area contributed by atoms with Gasteiger partial charge in [0.15, 0.2) is 5.78 Å². The zero-order valence-electron chi connectivity index (χ0n) is 9.99. The smallest absolute Gasteiger partial charge is 0.230 e. The van der Waals surface area contributed by atoms with Gasteiger partial charge in [-0.05, 0) is 18.9 Å². The van der Waals surface area contributed by atoms with Crippen LogP contribution >= 0.6 is 0 Å². The molecule has 3 rings (SSSR count). The Morgan fingerprint density at radius 3 is 2.72 bits per heavy atom. The van der Waals surface area contributed by atoms with E-state index in [-0.39, 0.29) is 18.1 Å². The fourth-order valence-corrected chi connectivity index (χ4v) is 2.90. The molecule has 3 nitrogen and oxygen atoms in total. The molecule has 0 bridgehead atoms. The van der Waals surface area contributed by atoms with E-state index in [1.807, 2.05) is 0 Å². The Hall–Kier alpha value is -1.71. The minimum Gasteiger partial charge on any atom is -0.342 e. The van der Waals surface area contributed by atoms with Gasteiger partial charge in [0.1, 0.15) is 5.82 Å². The number of carbonyl (C=O) groups is 2. The highest BCUT2D eigenvalue weighted by Crippen LogP contribution is 2.36. The molecule has 1 atom stereocenters. The Bertz CT molecular complexity index is 521. The summed E-state index contributed by atoms with van der Waals surface area (Å²) >= 11 is 0. The highest BCUT2D eigenvalue weighted by Gasteiger charge is 2.39. The Morgan fingerprint density at radius 2 is 2.00 bits per heavy atom. The van der Waals surface area contributed by atoms with Crippen LogP contribution < -0.4 is 0 Å². The molecule has 0 radical (unpaired) electrons. The first kappa shape index (κ1) is 11.4. The molecule has 1 heterocycles.